The molecule has 2 heterocycles. The van der Waals surface area contributed by atoms with Crippen molar-refractivity contribution >= 4 is 23.2 Å². The van der Waals surface area contributed by atoms with Gasteiger partial charge in [-0.2, -0.15) is 0 Å². The van der Waals surface area contributed by atoms with Gasteiger partial charge in [0.05, 0.1) is 6.54 Å². The molecular weight excluding hydrogens is 328 g/mol. The lowest BCUT2D eigenvalue weighted by atomic mass is 10.1. The molecule has 26 heavy (non-hydrogen) atoms. The number of fused-ring (bicyclic) bond motifs is 1. The summed E-state index contributed by atoms with van der Waals surface area (Å²) >= 11 is 0. The van der Waals surface area contributed by atoms with Crippen LogP contribution in [0.2, 0.25) is 0 Å². The molecule has 0 aliphatic carbocycles. The Morgan fingerprint density at radius 2 is 1.69 bits per heavy atom. The number of hydrogen-bond donors (Lipinski definition) is 2. The molecule has 1 atom stereocenters. The van der Waals surface area contributed by atoms with E-state index in [4.69, 9.17) is 16.2 Å². The van der Waals surface area contributed by atoms with Gasteiger partial charge < -0.3 is 16.2 Å². The van der Waals surface area contributed by atoms with E-state index >= 15 is 0 Å². The molecule has 0 fully saturated rings. The number of benzene rings is 2. The monoisotopic (exact) mass is 346 g/mol. The molecule has 130 valence electrons. The molecule has 0 saturated carbocycles. The number of aromatic nitrogens is 1. The standard InChI is InChI=1S/C20H18N4O2/c21-15-8-6-13(7-9-15)12-24-19-16(10-11-17(22)23-19)26-18(20(24)25)14-4-2-1-3-5-14/h1-11,18H,12,21H2,(H2,22,23). The Hall–Kier alpha value is -3.54. The average Bonchev–Trinajstić information content (AvgIpc) is 2.66. The summed E-state index contributed by atoms with van der Waals surface area (Å²) in [5.41, 5.74) is 14.0. The first-order valence-corrected chi connectivity index (χ1v) is 8.26. The quantitative estimate of drug-likeness (QED) is 0.711. The van der Waals surface area contributed by atoms with Crippen LogP contribution in [0.25, 0.3) is 0 Å². The number of amides is 1. The van der Waals surface area contributed by atoms with E-state index in [2.05, 4.69) is 4.98 Å². The lowest BCUT2D eigenvalue weighted by Gasteiger charge is -2.33. The van der Waals surface area contributed by atoms with E-state index < -0.39 is 6.10 Å². The van der Waals surface area contributed by atoms with Crippen LogP contribution >= 0.6 is 0 Å². The van der Waals surface area contributed by atoms with Gasteiger partial charge >= 0.3 is 0 Å². The second-order valence-corrected chi connectivity index (χ2v) is 6.13. The van der Waals surface area contributed by atoms with Crippen LogP contribution in [0, 0.1) is 0 Å². The molecule has 0 saturated heterocycles. The zero-order valence-corrected chi connectivity index (χ0v) is 14.0. The van der Waals surface area contributed by atoms with Gasteiger partial charge in [-0.15, -0.1) is 0 Å². The van der Waals surface area contributed by atoms with Gasteiger partial charge in [0, 0.05) is 11.3 Å². The smallest absolute Gasteiger partial charge is 0.274 e. The molecule has 0 spiro atoms. The van der Waals surface area contributed by atoms with E-state index in [1.807, 2.05) is 54.6 Å². The number of nitrogen functional groups attached to an aromatic ring is 2. The summed E-state index contributed by atoms with van der Waals surface area (Å²) in [6, 6.07) is 20.2. The second-order valence-electron chi connectivity index (χ2n) is 6.13. The van der Waals surface area contributed by atoms with Crippen LogP contribution in [0.15, 0.2) is 66.7 Å². The topological polar surface area (TPSA) is 94.5 Å². The molecule has 6 nitrogen and oxygen atoms in total. The highest BCUT2D eigenvalue weighted by Crippen LogP contribution is 2.38. The van der Waals surface area contributed by atoms with Gasteiger partial charge in [-0.1, -0.05) is 42.5 Å². The zero-order chi connectivity index (χ0) is 18.1. The third-order valence-electron chi connectivity index (χ3n) is 4.27. The van der Waals surface area contributed by atoms with Crippen LogP contribution in [-0.2, 0) is 11.3 Å². The van der Waals surface area contributed by atoms with E-state index in [9.17, 15) is 4.79 Å². The summed E-state index contributed by atoms with van der Waals surface area (Å²) < 4.78 is 5.94. The van der Waals surface area contributed by atoms with Crippen molar-refractivity contribution in [2.75, 3.05) is 16.4 Å². The Morgan fingerprint density at radius 3 is 2.42 bits per heavy atom. The van der Waals surface area contributed by atoms with Crippen molar-refractivity contribution < 1.29 is 9.53 Å². The van der Waals surface area contributed by atoms with E-state index in [-0.39, 0.29) is 5.91 Å². The third-order valence-corrected chi connectivity index (χ3v) is 4.27. The molecule has 3 aromatic rings. The number of rotatable bonds is 3. The third kappa shape index (κ3) is 2.93. The SMILES string of the molecule is Nc1ccc(CN2C(=O)C(c3ccccc3)Oc3ccc(N)nc32)cc1. The van der Waals surface area contributed by atoms with Gasteiger partial charge in [0.15, 0.2) is 11.6 Å². The lowest BCUT2D eigenvalue weighted by Crippen LogP contribution is -2.41. The van der Waals surface area contributed by atoms with Crippen LogP contribution in [0.5, 0.6) is 5.75 Å². The lowest BCUT2D eigenvalue weighted by molar-refractivity contribution is -0.126. The molecule has 1 aliphatic heterocycles. The summed E-state index contributed by atoms with van der Waals surface area (Å²) in [5.74, 6) is 1.11. The molecule has 0 bridgehead atoms. The van der Waals surface area contributed by atoms with Crippen LogP contribution in [0.4, 0.5) is 17.3 Å². The van der Waals surface area contributed by atoms with Gasteiger partial charge in [0.2, 0.25) is 6.10 Å². The molecule has 0 radical (unpaired) electrons. The number of pyridine rings is 1. The van der Waals surface area contributed by atoms with Crippen molar-refractivity contribution in [2.24, 2.45) is 0 Å². The molecule has 2 aromatic carbocycles. The van der Waals surface area contributed by atoms with Gasteiger partial charge in [-0.3, -0.25) is 9.69 Å². The van der Waals surface area contributed by atoms with E-state index in [0.29, 0.717) is 29.6 Å². The van der Waals surface area contributed by atoms with E-state index in [1.54, 1.807) is 17.0 Å². The van der Waals surface area contributed by atoms with E-state index in [0.717, 1.165) is 11.1 Å². The maximum atomic E-state index is 13.2. The first-order chi connectivity index (χ1) is 12.6. The number of hydrogen-bond acceptors (Lipinski definition) is 5. The molecule has 1 amide bonds. The van der Waals surface area contributed by atoms with Gasteiger partial charge in [0.25, 0.3) is 5.91 Å². The van der Waals surface area contributed by atoms with Gasteiger partial charge in [0.1, 0.15) is 5.82 Å². The number of carbonyl (C=O) groups excluding carboxylic acids is 1. The second kappa shape index (κ2) is 6.40. The minimum atomic E-state index is -0.720. The minimum absolute atomic E-state index is 0.182. The van der Waals surface area contributed by atoms with Crippen molar-refractivity contribution in [1.29, 1.82) is 0 Å². The molecule has 1 unspecified atom stereocenters. The van der Waals surface area contributed by atoms with Crippen LogP contribution in [0.3, 0.4) is 0 Å². The van der Waals surface area contributed by atoms with E-state index in [1.165, 1.54) is 0 Å². The van der Waals surface area contributed by atoms with Crippen molar-refractivity contribution in [1.82, 2.24) is 4.98 Å². The Bertz CT molecular complexity index is 942. The fourth-order valence-electron chi connectivity index (χ4n) is 2.96. The fraction of sp³-hybridized carbons (Fsp3) is 0.100. The fourth-order valence-corrected chi connectivity index (χ4v) is 2.96. The Balaban J connectivity index is 1.75. The molecular formula is C20H18N4O2. The first kappa shape index (κ1) is 16.0. The van der Waals surface area contributed by atoms with Crippen LogP contribution < -0.4 is 21.1 Å². The predicted molar refractivity (Wildman–Crippen MR) is 101 cm³/mol. The van der Waals surface area contributed by atoms with Crippen molar-refractivity contribution in [3.63, 3.8) is 0 Å². The summed E-state index contributed by atoms with van der Waals surface area (Å²) in [6.45, 7) is 0.356. The summed E-state index contributed by atoms with van der Waals surface area (Å²) in [7, 11) is 0. The zero-order valence-electron chi connectivity index (χ0n) is 14.0. The summed E-state index contributed by atoms with van der Waals surface area (Å²) in [6.07, 6.45) is -0.720. The number of anilines is 3. The maximum absolute atomic E-state index is 13.2. The molecule has 1 aromatic heterocycles. The molecule has 6 heteroatoms. The van der Waals surface area contributed by atoms with Crippen LogP contribution in [0.1, 0.15) is 17.2 Å². The maximum Gasteiger partial charge on any atom is 0.274 e. The Kier molecular flexibility index (Phi) is 3.93. The predicted octanol–water partition coefficient (Wildman–Crippen LogP) is 2.91. The summed E-state index contributed by atoms with van der Waals surface area (Å²) in [4.78, 5) is 19.1. The van der Waals surface area contributed by atoms with Crippen LogP contribution in [-0.4, -0.2) is 10.9 Å². The molecule has 1 aliphatic rings. The number of ether oxygens (including phenoxy) is 1. The minimum Gasteiger partial charge on any atom is -0.472 e. The largest absolute Gasteiger partial charge is 0.472 e. The van der Waals surface area contributed by atoms with Crippen molar-refractivity contribution in [3.8, 4) is 5.75 Å². The normalized spacial score (nSPS) is 16.1. The number of nitrogens with zero attached hydrogens (tertiary/aromatic N) is 2. The number of carbonyl (C=O) groups is 1. The highest BCUT2D eigenvalue weighted by atomic mass is 16.5. The molecule has 4 rings (SSSR count). The highest BCUT2D eigenvalue weighted by Gasteiger charge is 2.36. The summed E-state index contributed by atoms with van der Waals surface area (Å²) in [5, 5.41) is 0. The first-order valence-electron chi connectivity index (χ1n) is 8.26. The van der Waals surface area contributed by atoms with Crippen molar-refractivity contribution in [3.05, 3.63) is 77.9 Å². The average molecular weight is 346 g/mol. The van der Waals surface area contributed by atoms with Gasteiger partial charge in [-0.25, -0.2) is 4.98 Å². The Labute approximate surface area is 151 Å². The number of nitrogens with two attached hydrogens (primary N) is 2. The van der Waals surface area contributed by atoms with Gasteiger partial charge in [-0.05, 0) is 29.8 Å². The highest BCUT2D eigenvalue weighted by molar-refractivity contribution is 5.99. The Morgan fingerprint density at radius 1 is 0.962 bits per heavy atom. The van der Waals surface area contributed by atoms with Crippen molar-refractivity contribution in [2.45, 2.75) is 12.6 Å². The molecule has 4 N–H and O–H groups in total.